The van der Waals surface area contributed by atoms with Gasteiger partial charge in [0, 0.05) is 11.6 Å². The molecule has 0 saturated carbocycles. The van der Waals surface area contributed by atoms with Crippen LogP contribution in [0.3, 0.4) is 0 Å². The maximum Gasteiger partial charge on any atom is 0.338 e. The van der Waals surface area contributed by atoms with E-state index in [4.69, 9.17) is 13.9 Å². The molecule has 3 heterocycles. The van der Waals surface area contributed by atoms with E-state index in [2.05, 4.69) is 4.99 Å². The number of aromatic nitrogens is 1. The first kappa shape index (κ1) is 25.2. The lowest BCUT2D eigenvalue weighted by atomic mass is 9.96. The van der Waals surface area contributed by atoms with E-state index in [0.29, 0.717) is 44.3 Å². The monoisotopic (exact) mass is 528 g/mol. The number of hydrogen-bond donors (Lipinski definition) is 0. The minimum Gasteiger partial charge on any atom is -0.466 e. The zero-order valence-electron chi connectivity index (χ0n) is 21.0. The number of allylic oxidation sites excluding steroid dienone is 1. The highest BCUT2D eigenvalue weighted by molar-refractivity contribution is 7.07. The van der Waals surface area contributed by atoms with Gasteiger partial charge >= 0.3 is 11.9 Å². The van der Waals surface area contributed by atoms with Gasteiger partial charge in [-0.3, -0.25) is 9.36 Å². The van der Waals surface area contributed by atoms with Gasteiger partial charge in [-0.1, -0.05) is 53.8 Å². The summed E-state index contributed by atoms with van der Waals surface area (Å²) in [6.07, 6.45) is 1.67. The van der Waals surface area contributed by atoms with Crippen molar-refractivity contribution in [2.75, 3.05) is 13.7 Å². The van der Waals surface area contributed by atoms with Gasteiger partial charge in [0.1, 0.15) is 11.5 Å². The third-order valence-electron chi connectivity index (χ3n) is 6.12. The van der Waals surface area contributed by atoms with E-state index in [1.807, 2.05) is 30.3 Å². The average molecular weight is 529 g/mol. The van der Waals surface area contributed by atoms with Gasteiger partial charge < -0.3 is 13.9 Å². The summed E-state index contributed by atoms with van der Waals surface area (Å²) in [7, 11) is 1.31. The molecule has 0 bridgehead atoms. The number of rotatable bonds is 6. The van der Waals surface area contributed by atoms with Crippen LogP contribution in [0.4, 0.5) is 0 Å². The first-order valence-electron chi connectivity index (χ1n) is 11.9. The van der Waals surface area contributed by atoms with Gasteiger partial charge in [0.15, 0.2) is 4.80 Å². The van der Waals surface area contributed by atoms with Gasteiger partial charge in [-0.25, -0.2) is 14.6 Å². The van der Waals surface area contributed by atoms with Crippen molar-refractivity contribution in [1.82, 2.24) is 4.57 Å². The second-order valence-corrected chi connectivity index (χ2v) is 9.49. The molecule has 4 aromatic rings. The molecule has 8 nitrogen and oxygen atoms in total. The summed E-state index contributed by atoms with van der Waals surface area (Å²) in [4.78, 5) is 43.3. The van der Waals surface area contributed by atoms with Crippen molar-refractivity contribution >= 4 is 29.4 Å². The highest BCUT2D eigenvalue weighted by atomic mass is 32.1. The Kier molecular flexibility index (Phi) is 6.93. The Bertz CT molecular complexity index is 1730. The Morgan fingerprint density at radius 3 is 2.47 bits per heavy atom. The van der Waals surface area contributed by atoms with Crippen molar-refractivity contribution < 1.29 is 23.5 Å². The van der Waals surface area contributed by atoms with Crippen molar-refractivity contribution in [1.29, 1.82) is 0 Å². The second kappa shape index (κ2) is 10.5. The molecule has 0 N–H and O–H groups in total. The largest absolute Gasteiger partial charge is 0.466 e. The molecule has 1 aliphatic heterocycles. The fraction of sp³-hybridized carbons (Fsp3) is 0.172. The molecule has 1 atom stereocenters. The minimum absolute atomic E-state index is 0.284. The van der Waals surface area contributed by atoms with E-state index < -0.39 is 12.0 Å². The minimum atomic E-state index is -0.660. The Morgan fingerprint density at radius 1 is 1.05 bits per heavy atom. The molecule has 0 saturated heterocycles. The molecule has 9 heteroatoms. The van der Waals surface area contributed by atoms with Gasteiger partial charge in [-0.15, -0.1) is 0 Å². The van der Waals surface area contributed by atoms with Crippen molar-refractivity contribution in [3.05, 3.63) is 115 Å². The number of thiazole rings is 1. The fourth-order valence-corrected chi connectivity index (χ4v) is 5.37. The van der Waals surface area contributed by atoms with Crippen molar-refractivity contribution in [3.8, 4) is 11.3 Å². The molecule has 5 rings (SSSR count). The van der Waals surface area contributed by atoms with E-state index >= 15 is 0 Å². The summed E-state index contributed by atoms with van der Waals surface area (Å²) in [6.45, 7) is 3.81. The molecule has 2 aromatic carbocycles. The van der Waals surface area contributed by atoms with Gasteiger partial charge in [-0.2, -0.15) is 0 Å². The van der Waals surface area contributed by atoms with Crippen molar-refractivity contribution in [2.45, 2.75) is 19.9 Å². The Balaban J connectivity index is 1.54. The van der Waals surface area contributed by atoms with E-state index in [1.165, 1.54) is 23.0 Å². The number of hydrogen-bond acceptors (Lipinski definition) is 8. The fourth-order valence-electron chi connectivity index (χ4n) is 4.34. The summed E-state index contributed by atoms with van der Waals surface area (Å²) in [6, 6.07) is 19.2. The Hall–Kier alpha value is -4.50. The average Bonchev–Trinajstić information content (AvgIpc) is 3.52. The second-order valence-electron chi connectivity index (χ2n) is 8.48. The molecule has 0 amide bonds. The Morgan fingerprint density at radius 2 is 1.79 bits per heavy atom. The predicted octanol–water partition coefficient (Wildman–Crippen LogP) is 3.84. The number of carbonyl (C=O) groups excluding carboxylic acids is 2. The summed E-state index contributed by atoms with van der Waals surface area (Å²) in [5, 5.41) is 0. The predicted molar refractivity (Wildman–Crippen MR) is 142 cm³/mol. The van der Waals surface area contributed by atoms with Gasteiger partial charge in [0.05, 0.1) is 41.1 Å². The van der Waals surface area contributed by atoms with Crippen LogP contribution in [0.2, 0.25) is 0 Å². The number of benzene rings is 2. The quantitative estimate of drug-likeness (QED) is 0.353. The van der Waals surface area contributed by atoms with Crippen LogP contribution in [0, 0.1) is 0 Å². The van der Waals surface area contributed by atoms with E-state index in [0.717, 1.165) is 11.1 Å². The summed E-state index contributed by atoms with van der Waals surface area (Å²) >= 11 is 1.23. The van der Waals surface area contributed by atoms with Gasteiger partial charge in [0.2, 0.25) is 0 Å². The van der Waals surface area contributed by atoms with Crippen LogP contribution in [-0.4, -0.2) is 30.2 Å². The molecule has 38 heavy (non-hydrogen) atoms. The lowest BCUT2D eigenvalue weighted by Gasteiger charge is -2.24. The lowest BCUT2D eigenvalue weighted by Crippen LogP contribution is -2.39. The first-order valence-corrected chi connectivity index (χ1v) is 12.8. The SMILES string of the molecule is CCOC(=O)c1ccc(-c2ccc(C=c3sc4n(c3=O)C(c3ccccc3)C(C(=O)OC)=C(C)N=4)o2)cc1. The first-order chi connectivity index (χ1) is 18.4. The Labute approximate surface area is 221 Å². The molecule has 192 valence electrons. The normalized spacial score (nSPS) is 15.1. The highest BCUT2D eigenvalue weighted by Gasteiger charge is 2.32. The van der Waals surface area contributed by atoms with Gasteiger partial charge in [0.25, 0.3) is 5.56 Å². The molecular formula is C29H24N2O6S. The summed E-state index contributed by atoms with van der Waals surface area (Å²) in [5.74, 6) is 0.165. The molecule has 1 unspecified atom stereocenters. The molecule has 0 radical (unpaired) electrons. The third kappa shape index (κ3) is 4.64. The molecule has 2 aromatic heterocycles. The third-order valence-corrected chi connectivity index (χ3v) is 7.11. The van der Waals surface area contributed by atoms with Crippen LogP contribution in [0.1, 0.15) is 41.6 Å². The number of ether oxygens (including phenoxy) is 2. The van der Waals surface area contributed by atoms with Crippen LogP contribution in [0.5, 0.6) is 0 Å². The summed E-state index contributed by atoms with van der Waals surface area (Å²) < 4.78 is 18.0. The lowest BCUT2D eigenvalue weighted by molar-refractivity contribution is -0.136. The van der Waals surface area contributed by atoms with Crippen LogP contribution in [0.15, 0.2) is 92.2 Å². The van der Waals surface area contributed by atoms with Crippen LogP contribution in [-0.2, 0) is 14.3 Å². The standard InChI is InChI=1S/C29H24N2O6S/c1-4-36-27(33)20-12-10-18(11-13-20)22-15-14-21(37-22)16-23-26(32)31-25(19-8-6-5-7-9-19)24(28(34)35-3)17(2)30-29(31)38-23/h5-16,25H,4H2,1-3H3. The zero-order valence-corrected chi connectivity index (χ0v) is 21.8. The molecule has 1 aliphatic rings. The van der Waals surface area contributed by atoms with Gasteiger partial charge in [-0.05, 0) is 43.7 Å². The molecule has 0 aliphatic carbocycles. The van der Waals surface area contributed by atoms with E-state index in [-0.39, 0.29) is 11.5 Å². The molecular weight excluding hydrogens is 504 g/mol. The van der Waals surface area contributed by atoms with Crippen LogP contribution in [0.25, 0.3) is 17.4 Å². The number of furan rings is 1. The number of methoxy groups -OCH3 is 1. The number of nitrogens with zero attached hydrogens (tertiary/aromatic N) is 2. The number of esters is 2. The zero-order chi connectivity index (χ0) is 26.8. The molecule has 0 fully saturated rings. The smallest absolute Gasteiger partial charge is 0.338 e. The van der Waals surface area contributed by atoms with Crippen LogP contribution < -0.4 is 14.9 Å². The topological polar surface area (TPSA) is 100 Å². The summed E-state index contributed by atoms with van der Waals surface area (Å²) in [5.41, 5.74) is 2.56. The van der Waals surface area contributed by atoms with E-state index in [9.17, 15) is 14.4 Å². The molecule has 0 spiro atoms. The maximum atomic E-state index is 13.6. The van der Waals surface area contributed by atoms with Crippen molar-refractivity contribution in [2.24, 2.45) is 4.99 Å². The van der Waals surface area contributed by atoms with Crippen molar-refractivity contribution in [3.63, 3.8) is 0 Å². The van der Waals surface area contributed by atoms with Crippen LogP contribution >= 0.6 is 11.3 Å². The number of carbonyl (C=O) groups is 2. The maximum absolute atomic E-state index is 13.6. The number of fused-ring (bicyclic) bond motifs is 1. The highest BCUT2D eigenvalue weighted by Crippen LogP contribution is 2.30. The van der Waals surface area contributed by atoms with E-state index in [1.54, 1.807) is 56.3 Å².